The van der Waals surface area contributed by atoms with Crippen molar-refractivity contribution in [3.8, 4) is 0 Å². The van der Waals surface area contributed by atoms with Crippen LogP contribution in [-0.2, 0) is 9.47 Å². The molecule has 0 rings (SSSR count). The summed E-state index contributed by atoms with van der Waals surface area (Å²) in [6.07, 6.45) is 5.08. The molecule has 0 heterocycles. The topological polar surface area (TPSA) is 44.5 Å². The van der Waals surface area contributed by atoms with Gasteiger partial charge in [0, 0.05) is 6.61 Å². The molecule has 0 aliphatic rings. The lowest BCUT2D eigenvalue weighted by molar-refractivity contribution is -0.0152. The molecule has 0 unspecified atom stereocenters. The van der Waals surface area contributed by atoms with E-state index < -0.39 is 0 Å². The van der Waals surface area contributed by atoms with Crippen molar-refractivity contribution in [2.45, 2.75) is 13.8 Å². The van der Waals surface area contributed by atoms with Crippen LogP contribution in [0.2, 0.25) is 0 Å². The molecule has 0 aliphatic heterocycles. The molecule has 0 aromatic rings. The van der Waals surface area contributed by atoms with E-state index in [1.54, 1.807) is 18.2 Å². The average Bonchev–Trinajstić information content (AvgIpc) is 2.13. The highest BCUT2D eigenvalue weighted by Crippen LogP contribution is 2.05. The smallest absolute Gasteiger partial charge is 0.189 e. The van der Waals surface area contributed by atoms with E-state index in [0.717, 1.165) is 0 Å². The first-order valence-electron chi connectivity index (χ1n) is 4.21. The van der Waals surface area contributed by atoms with E-state index in [-0.39, 0.29) is 6.79 Å². The summed E-state index contributed by atoms with van der Waals surface area (Å²) >= 11 is 0. The molecule has 0 saturated carbocycles. The summed E-state index contributed by atoms with van der Waals surface area (Å²) in [5, 5.41) is 0. The average molecular weight is 183 g/mol. The van der Waals surface area contributed by atoms with Crippen molar-refractivity contribution in [2.24, 2.45) is 5.73 Å². The fraction of sp³-hybridized carbons (Fsp3) is 0.400. The van der Waals surface area contributed by atoms with E-state index >= 15 is 0 Å². The zero-order valence-corrected chi connectivity index (χ0v) is 8.25. The van der Waals surface area contributed by atoms with E-state index in [9.17, 15) is 0 Å². The zero-order chi connectivity index (χ0) is 10.1. The van der Waals surface area contributed by atoms with Gasteiger partial charge in [0.2, 0.25) is 0 Å². The minimum Gasteiger partial charge on any atom is -0.466 e. The van der Waals surface area contributed by atoms with Gasteiger partial charge in [-0.1, -0.05) is 12.7 Å². The molecule has 0 aromatic heterocycles. The molecule has 0 spiro atoms. The monoisotopic (exact) mass is 183 g/mol. The Labute approximate surface area is 79.5 Å². The molecule has 2 N–H and O–H groups in total. The molecule has 0 aromatic carbocycles. The van der Waals surface area contributed by atoms with Gasteiger partial charge in [-0.3, -0.25) is 0 Å². The van der Waals surface area contributed by atoms with Crippen molar-refractivity contribution < 1.29 is 9.47 Å². The summed E-state index contributed by atoms with van der Waals surface area (Å²) in [4.78, 5) is 0. The van der Waals surface area contributed by atoms with Crippen molar-refractivity contribution in [2.75, 3.05) is 13.4 Å². The molecular formula is C10H17NO2. The first-order valence-corrected chi connectivity index (χ1v) is 4.21. The maximum atomic E-state index is 5.66. The van der Waals surface area contributed by atoms with Crippen LogP contribution in [-0.4, -0.2) is 13.4 Å². The van der Waals surface area contributed by atoms with E-state index in [1.807, 2.05) is 13.8 Å². The lowest BCUT2D eigenvalue weighted by atomic mass is 10.3. The fourth-order valence-corrected chi connectivity index (χ4v) is 0.731. The predicted octanol–water partition coefficient (Wildman–Crippen LogP) is 1.93. The Morgan fingerprint density at radius 2 is 2.23 bits per heavy atom. The summed E-state index contributed by atoms with van der Waals surface area (Å²) < 4.78 is 10.3. The molecule has 0 radical (unpaired) electrons. The number of hydrogen-bond donors (Lipinski definition) is 1. The lowest BCUT2D eigenvalue weighted by Crippen LogP contribution is -2.07. The standard InChI is InChI=1S/C10H17NO2/c1-4-7-9(11)10(5-2)13-8-12-6-3/h4-5,7H,1,6,8,11H2,2-3H3/b9-7+,10-5+. The molecule has 0 saturated heterocycles. The van der Waals surface area contributed by atoms with Crippen LogP contribution < -0.4 is 5.73 Å². The van der Waals surface area contributed by atoms with Crippen molar-refractivity contribution in [3.63, 3.8) is 0 Å². The van der Waals surface area contributed by atoms with Crippen LogP contribution in [0.4, 0.5) is 0 Å². The zero-order valence-electron chi connectivity index (χ0n) is 8.25. The van der Waals surface area contributed by atoms with E-state index in [2.05, 4.69) is 6.58 Å². The molecular weight excluding hydrogens is 166 g/mol. The molecule has 3 nitrogen and oxygen atoms in total. The van der Waals surface area contributed by atoms with Gasteiger partial charge in [-0.15, -0.1) is 0 Å². The van der Waals surface area contributed by atoms with Crippen molar-refractivity contribution in [3.05, 3.63) is 36.3 Å². The Morgan fingerprint density at radius 3 is 2.69 bits per heavy atom. The molecule has 74 valence electrons. The highest BCUT2D eigenvalue weighted by atomic mass is 16.7. The number of hydrogen-bond acceptors (Lipinski definition) is 3. The minimum atomic E-state index is 0.224. The largest absolute Gasteiger partial charge is 0.466 e. The van der Waals surface area contributed by atoms with Crippen molar-refractivity contribution in [1.82, 2.24) is 0 Å². The summed E-state index contributed by atoms with van der Waals surface area (Å²) in [5.74, 6) is 0.619. The third-order valence-corrected chi connectivity index (χ3v) is 1.35. The van der Waals surface area contributed by atoms with Crippen LogP contribution in [0.3, 0.4) is 0 Å². The van der Waals surface area contributed by atoms with Crippen molar-refractivity contribution in [1.29, 1.82) is 0 Å². The summed E-state index contributed by atoms with van der Waals surface area (Å²) in [6.45, 7) is 8.15. The van der Waals surface area contributed by atoms with Gasteiger partial charge >= 0.3 is 0 Å². The number of ether oxygens (including phenoxy) is 2. The molecule has 13 heavy (non-hydrogen) atoms. The third kappa shape index (κ3) is 5.09. The minimum absolute atomic E-state index is 0.224. The molecule has 0 amide bonds. The first-order chi connectivity index (χ1) is 6.26. The first kappa shape index (κ1) is 11.8. The van der Waals surface area contributed by atoms with Gasteiger partial charge in [0.1, 0.15) is 5.76 Å². The van der Waals surface area contributed by atoms with E-state index in [1.165, 1.54) is 0 Å². The van der Waals surface area contributed by atoms with E-state index in [0.29, 0.717) is 18.1 Å². The molecule has 0 aliphatic carbocycles. The summed E-state index contributed by atoms with van der Waals surface area (Å²) in [6, 6.07) is 0. The molecule has 0 atom stereocenters. The fourth-order valence-electron chi connectivity index (χ4n) is 0.731. The van der Waals surface area contributed by atoms with Gasteiger partial charge in [-0.05, 0) is 26.0 Å². The SMILES string of the molecule is C=C/C=C(N)\C(=C/C)OCOCC. The van der Waals surface area contributed by atoms with Gasteiger partial charge in [0.25, 0.3) is 0 Å². The van der Waals surface area contributed by atoms with Crippen LogP contribution in [0.5, 0.6) is 0 Å². The molecule has 0 fully saturated rings. The highest BCUT2D eigenvalue weighted by molar-refractivity contribution is 5.25. The number of rotatable bonds is 6. The van der Waals surface area contributed by atoms with Gasteiger partial charge in [0.15, 0.2) is 6.79 Å². The van der Waals surface area contributed by atoms with Gasteiger partial charge in [-0.2, -0.15) is 0 Å². The Hall–Kier alpha value is -1.22. The second kappa shape index (κ2) is 7.43. The van der Waals surface area contributed by atoms with Gasteiger partial charge in [0.05, 0.1) is 5.70 Å². The normalized spacial score (nSPS) is 12.8. The number of nitrogens with two attached hydrogens (primary N) is 1. The Kier molecular flexibility index (Phi) is 6.73. The Morgan fingerprint density at radius 1 is 1.54 bits per heavy atom. The van der Waals surface area contributed by atoms with Crippen LogP contribution in [0.1, 0.15) is 13.8 Å². The maximum absolute atomic E-state index is 5.66. The second-order valence-electron chi connectivity index (χ2n) is 2.27. The number of allylic oxidation sites excluding steroid dienone is 3. The van der Waals surface area contributed by atoms with Gasteiger partial charge < -0.3 is 15.2 Å². The summed E-state index contributed by atoms with van der Waals surface area (Å²) in [7, 11) is 0. The molecule has 3 heteroatoms. The molecule has 0 bridgehead atoms. The van der Waals surface area contributed by atoms with Gasteiger partial charge in [-0.25, -0.2) is 0 Å². The second-order valence-corrected chi connectivity index (χ2v) is 2.27. The lowest BCUT2D eigenvalue weighted by Gasteiger charge is -2.09. The maximum Gasteiger partial charge on any atom is 0.189 e. The van der Waals surface area contributed by atoms with Crippen LogP contribution >= 0.6 is 0 Å². The quantitative estimate of drug-likeness (QED) is 0.296. The highest BCUT2D eigenvalue weighted by Gasteiger charge is 1.98. The van der Waals surface area contributed by atoms with Crippen LogP contribution in [0, 0.1) is 0 Å². The van der Waals surface area contributed by atoms with Crippen molar-refractivity contribution >= 4 is 0 Å². The predicted molar refractivity (Wildman–Crippen MR) is 53.8 cm³/mol. The Balaban J connectivity index is 4.04. The van der Waals surface area contributed by atoms with E-state index in [4.69, 9.17) is 15.2 Å². The van der Waals surface area contributed by atoms with Crippen LogP contribution in [0.15, 0.2) is 36.3 Å². The Bertz CT molecular complexity index is 207. The summed E-state index contributed by atoms with van der Waals surface area (Å²) in [5.41, 5.74) is 6.22. The van der Waals surface area contributed by atoms with Crippen LogP contribution in [0.25, 0.3) is 0 Å². The third-order valence-electron chi connectivity index (χ3n) is 1.35.